The molecule has 0 aliphatic carbocycles. The maximum Gasteiger partial charge on any atom is 0.347 e. The minimum absolute atomic E-state index is 0.0563. The first kappa shape index (κ1) is 20.6. The molecular formula is C24H16ClFO5. The maximum atomic E-state index is 14.1. The number of hydrogen-bond acceptors (Lipinski definition) is 5. The number of fused-ring (bicyclic) bond motifs is 1. The van der Waals surface area contributed by atoms with E-state index in [9.17, 15) is 14.0 Å². The monoisotopic (exact) mass is 438 g/mol. The zero-order valence-corrected chi connectivity index (χ0v) is 17.3. The van der Waals surface area contributed by atoms with Gasteiger partial charge in [0.25, 0.3) is 0 Å². The molecule has 0 aromatic heterocycles. The van der Waals surface area contributed by atoms with Crippen LogP contribution >= 0.6 is 11.6 Å². The van der Waals surface area contributed by atoms with Crippen molar-refractivity contribution in [3.63, 3.8) is 0 Å². The molecule has 0 atom stereocenters. The van der Waals surface area contributed by atoms with Gasteiger partial charge in [-0.25, -0.2) is 9.18 Å². The summed E-state index contributed by atoms with van der Waals surface area (Å²) in [6, 6.07) is 13.9. The van der Waals surface area contributed by atoms with E-state index in [1.807, 2.05) is 0 Å². The summed E-state index contributed by atoms with van der Waals surface area (Å²) in [5.41, 5.74) is 1.06. The quantitative estimate of drug-likeness (QED) is 0.300. The van der Waals surface area contributed by atoms with Crippen LogP contribution in [0.3, 0.4) is 0 Å². The first-order chi connectivity index (χ1) is 14.9. The molecular weight excluding hydrogens is 423 g/mol. The normalized spacial score (nSPS) is 13.7. The first-order valence-corrected chi connectivity index (χ1v) is 9.65. The van der Waals surface area contributed by atoms with Crippen molar-refractivity contribution in [1.29, 1.82) is 0 Å². The van der Waals surface area contributed by atoms with Crippen molar-refractivity contribution in [2.75, 3.05) is 7.11 Å². The van der Waals surface area contributed by atoms with Crippen molar-refractivity contribution in [3.8, 4) is 17.2 Å². The molecule has 0 bridgehead atoms. The Morgan fingerprint density at radius 3 is 2.58 bits per heavy atom. The Bertz CT molecular complexity index is 1230. The molecule has 1 heterocycles. The highest BCUT2D eigenvalue weighted by Crippen LogP contribution is 2.40. The second-order valence-electron chi connectivity index (χ2n) is 6.73. The van der Waals surface area contributed by atoms with Crippen LogP contribution in [0, 0.1) is 12.7 Å². The van der Waals surface area contributed by atoms with Crippen molar-refractivity contribution in [2.45, 2.75) is 6.92 Å². The molecule has 0 N–H and O–H groups in total. The third kappa shape index (κ3) is 3.78. The fraction of sp³-hybridized carbons (Fsp3) is 0.0833. The Labute approximate surface area is 182 Å². The van der Waals surface area contributed by atoms with Gasteiger partial charge in [-0.2, -0.15) is 0 Å². The Morgan fingerprint density at radius 1 is 1.06 bits per heavy atom. The van der Waals surface area contributed by atoms with Crippen molar-refractivity contribution >= 4 is 29.4 Å². The lowest BCUT2D eigenvalue weighted by Crippen LogP contribution is -2.11. The SMILES string of the molecule is COc1ccccc1C(=O)Oc1ccc2c(c1C)O/C(=C\c1c(F)cccc1Cl)C2=O. The van der Waals surface area contributed by atoms with Gasteiger partial charge in [-0.05, 0) is 49.4 Å². The predicted octanol–water partition coefficient (Wildman–Crippen LogP) is 5.63. The molecule has 1 aliphatic rings. The lowest BCUT2D eigenvalue weighted by atomic mass is 10.1. The number of hydrogen-bond donors (Lipinski definition) is 0. The van der Waals surface area contributed by atoms with E-state index in [2.05, 4.69) is 0 Å². The van der Waals surface area contributed by atoms with Crippen molar-refractivity contribution in [3.05, 3.63) is 93.5 Å². The van der Waals surface area contributed by atoms with Gasteiger partial charge in [0.05, 0.1) is 17.7 Å². The van der Waals surface area contributed by atoms with Crippen LogP contribution in [-0.2, 0) is 0 Å². The molecule has 0 spiro atoms. The second kappa shape index (κ2) is 8.24. The topological polar surface area (TPSA) is 61.8 Å². The van der Waals surface area contributed by atoms with E-state index >= 15 is 0 Å². The average Bonchev–Trinajstić information content (AvgIpc) is 3.09. The van der Waals surface area contributed by atoms with Crippen LogP contribution in [0.25, 0.3) is 6.08 Å². The largest absolute Gasteiger partial charge is 0.496 e. The molecule has 156 valence electrons. The highest BCUT2D eigenvalue weighted by atomic mass is 35.5. The Balaban J connectivity index is 1.65. The number of carbonyl (C=O) groups is 2. The smallest absolute Gasteiger partial charge is 0.347 e. The van der Waals surface area contributed by atoms with E-state index in [0.29, 0.717) is 11.3 Å². The Hall–Kier alpha value is -3.64. The molecule has 0 radical (unpaired) electrons. The van der Waals surface area contributed by atoms with Gasteiger partial charge < -0.3 is 14.2 Å². The number of esters is 1. The summed E-state index contributed by atoms with van der Waals surface area (Å²) in [4.78, 5) is 25.3. The lowest BCUT2D eigenvalue weighted by molar-refractivity contribution is 0.0729. The van der Waals surface area contributed by atoms with Gasteiger partial charge in [-0.1, -0.05) is 29.8 Å². The molecule has 3 aromatic carbocycles. The molecule has 3 aromatic rings. The highest BCUT2D eigenvalue weighted by molar-refractivity contribution is 6.32. The fourth-order valence-electron chi connectivity index (χ4n) is 3.23. The summed E-state index contributed by atoms with van der Waals surface area (Å²) in [7, 11) is 1.46. The number of ketones is 1. The van der Waals surface area contributed by atoms with Crippen molar-refractivity contribution in [2.24, 2.45) is 0 Å². The Morgan fingerprint density at radius 2 is 1.84 bits per heavy atom. The van der Waals surface area contributed by atoms with Crippen molar-refractivity contribution < 1.29 is 28.2 Å². The number of ether oxygens (including phenoxy) is 3. The molecule has 0 saturated carbocycles. The van der Waals surface area contributed by atoms with E-state index < -0.39 is 17.6 Å². The van der Waals surface area contributed by atoms with Crippen LogP contribution in [0.15, 0.2) is 60.4 Å². The summed E-state index contributed by atoms with van der Waals surface area (Å²) in [6.07, 6.45) is 1.26. The number of benzene rings is 3. The van der Waals surface area contributed by atoms with E-state index in [0.717, 1.165) is 0 Å². The van der Waals surface area contributed by atoms with E-state index in [4.69, 9.17) is 25.8 Å². The minimum atomic E-state index is -0.612. The number of carbonyl (C=O) groups excluding carboxylic acids is 2. The molecule has 7 heteroatoms. The number of Topliss-reactive ketones (excluding diaryl/α,β-unsaturated/α-hetero) is 1. The lowest BCUT2D eigenvalue weighted by Gasteiger charge is -2.11. The van der Waals surface area contributed by atoms with Gasteiger partial charge in [0, 0.05) is 11.1 Å². The van der Waals surface area contributed by atoms with Gasteiger partial charge in [-0.15, -0.1) is 0 Å². The standard InChI is InChI=1S/C24H16ClFO5/c1-13-19(31-24(28)14-6-3-4-9-20(14)29-2)11-10-15-22(27)21(30-23(13)15)12-16-17(25)7-5-8-18(16)26/h3-12H,1-2H3/b21-12-. The van der Waals surface area contributed by atoms with Gasteiger partial charge in [0.15, 0.2) is 5.76 Å². The number of para-hydroxylation sites is 1. The van der Waals surface area contributed by atoms with Gasteiger partial charge in [0.2, 0.25) is 5.78 Å². The number of halogens is 2. The molecule has 4 rings (SSSR count). The van der Waals surface area contributed by atoms with Crippen LogP contribution in [0.5, 0.6) is 17.2 Å². The Kier molecular flexibility index (Phi) is 5.48. The maximum absolute atomic E-state index is 14.1. The third-order valence-corrected chi connectivity index (χ3v) is 5.17. The van der Waals surface area contributed by atoms with Gasteiger partial charge in [0.1, 0.15) is 28.6 Å². The van der Waals surface area contributed by atoms with Crippen LogP contribution in [0.1, 0.15) is 31.8 Å². The summed E-state index contributed by atoms with van der Waals surface area (Å²) in [5.74, 6) is -0.820. The second-order valence-corrected chi connectivity index (χ2v) is 7.14. The molecule has 0 saturated heterocycles. The summed E-state index contributed by atoms with van der Waals surface area (Å²) in [5, 5.41) is 0.156. The molecule has 0 unspecified atom stereocenters. The molecule has 5 nitrogen and oxygen atoms in total. The summed E-state index contributed by atoms with van der Waals surface area (Å²) >= 11 is 6.04. The molecule has 31 heavy (non-hydrogen) atoms. The number of rotatable bonds is 4. The minimum Gasteiger partial charge on any atom is -0.496 e. The van der Waals surface area contributed by atoms with Gasteiger partial charge in [-0.3, -0.25) is 4.79 Å². The zero-order chi connectivity index (χ0) is 22.1. The summed E-state index contributed by atoms with van der Waals surface area (Å²) in [6.45, 7) is 1.66. The van der Waals surface area contributed by atoms with E-state index in [-0.39, 0.29) is 39.0 Å². The fourth-order valence-corrected chi connectivity index (χ4v) is 3.44. The molecule has 0 amide bonds. The first-order valence-electron chi connectivity index (χ1n) is 9.27. The van der Waals surface area contributed by atoms with Gasteiger partial charge >= 0.3 is 5.97 Å². The van der Waals surface area contributed by atoms with E-state index in [1.54, 1.807) is 31.2 Å². The predicted molar refractivity (Wildman–Crippen MR) is 113 cm³/mol. The highest BCUT2D eigenvalue weighted by Gasteiger charge is 2.31. The average molecular weight is 439 g/mol. The molecule has 0 fully saturated rings. The van der Waals surface area contributed by atoms with Crippen LogP contribution in [-0.4, -0.2) is 18.9 Å². The van der Waals surface area contributed by atoms with Crippen molar-refractivity contribution in [1.82, 2.24) is 0 Å². The number of allylic oxidation sites excluding steroid dienone is 1. The van der Waals surface area contributed by atoms with Crippen LogP contribution in [0.2, 0.25) is 5.02 Å². The van der Waals surface area contributed by atoms with Crippen LogP contribution in [0.4, 0.5) is 4.39 Å². The zero-order valence-electron chi connectivity index (χ0n) is 16.6. The molecule has 1 aliphatic heterocycles. The van der Waals surface area contributed by atoms with Crippen LogP contribution < -0.4 is 14.2 Å². The number of methoxy groups -OCH3 is 1. The third-order valence-electron chi connectivity index (χ3n) is 4.84. The van der Waals surface area contributed by atoms with E-state index in [1.165, 1.54) is 43.5 Å². The summed E-state index contributed by atoms with van der Waals surface area (Å²) < 4.78 is 30.5.